The first kappa shape index (κ1) is 11.9. The Bertz CT molecular complexity index is 83.8. The van der Waals surface area contributed by atoms with Gasteiger partial charge in [0.05, 0.1) is 26.4 Å². The third-order valence-corrected chi connectivity index (χ3v) is 1.45. The lowest BCUT2D eigenvalue weighted by Gasteiger charge is -2.06. The van der Waals surface area contributed by atoms with E-state index in [2.05, 4.69) is 13.8 Å². The SMILES string of the molecule is CC(C)CCOCCOCCO. The fourth-order valence-corrected chi connectivity index (χ4v) is 0.706. The zero-order valence-electron chi connectivity index (χ0n) is 8.08. The summed E-state index contributed by atoms with van der Waals surface area (Å²) in [5.74, 6) is 0.698. The van der Waals surface area contributed by atoms with E-state index in [4.69, 9.17) is 14.6 Å². The molecular weight excluding hydrogens is 156 g/mol. The van der Waals surface area contributed by atoms with Crippen molar-refractivity contribution in [3.05, 3.63) is 0 Å². The average molecular weight is 176 g/mol. The lowest BCUT2D eigenvalue weighted by molar-refractivity contribution is 0.0304. The van der Waals surface area contributed by atoms with Crippen LogP contribution in [0.5, 0.6) is 0 Å². The predicted octanol–water partition coefficient (Wildman–Crippen LogP) is 1.06. The van der Waals surface area contributed by atoms with E-state index in [1.54, 1.807) is 0 Å². The van der Waals surface area contributed by atoms with E-state index in [1.165, 1.54) is 0 Å². The van der Waals surface area contributed by atoms with Crippen molar-refractivity contribution >= 4 is 0 Å². The summed E-state index contributed by atoms with van der Waals surface area (Å²) in [5.41, 5.74) is 0. The predicted molar refractivity (Wildman–Crippen MR) is 48.2 cm³/mol. The Morgan fingerprint density at radius 3 is 2.08 bits per heavy atom. The first-order valence-corrected chi connectivity index (χ1v) is 4.53. The minimum atomic E-state index is 0.0893. The van der Waals surface area contributed by atoms with Crippen LogP contribution in [0.25, 0.3) is 0 Å². The van der Waals surface area contributed by atoms with Gasteiger partial charge in [-0.2, -0.15) is 0 Å². The van der Waals surface area contributed by atoms with Crippen LogP contribution in [0.15, 0.2) is 0 Å². The van der Waals surface area contributed by atoms with E-state index in [9.17, 15) is 0 Å². The average Bonchev–Trinajstić information content (AvgIpc) is 2.02. The molecule has 0 atom stereocenters. The van der Waals surface area contributed by atoms with Gasteiger partial charge in [-0.1, -0.05) is 13.8 Å². The van der Waals surface area contributed by atoms with Crippen LogP contribution in [-0.2, 0) is 9.47 Å². The molecule has 0 saturated heterocycles. The topological polar surface area (TPSA) is 38.7 Å². The second-order valence-electron chi connectivity index (χ2n) is 3.13. The number of aliphatic hydroxyl groups is 1. The molecule has 12 heavy (non-hydrogen) atoms. The van der Waals surface area contributed by atoms with Crippen molar-refractivity contribution in [2.45, 2.75) is 20.3 Å². The zero-order chi connectivity index (χ0) is 9.23. The van der Waals surface area contributed by atoms with E-state index in [-0.39, 0.29) is 6.61 Å². The van der Waals surface area contributed by atoms with Crippen molar-refractivity contribution in [3.63, 3.8) is 0 Å². The maximum absolute atomic E-state index is 8.38. The molecule has 0 unspecified atom stereocenters. The maximum Gasteiger partial charge on any atom is 0.0701 e. The molecule has 74 valence electrons. The van der Waals surface area contributed by atoms with Crippen LogP contribution < -0.4 is 0 Å². The van der Waals surface area contributed by atoms with Gasteiger partial charge in [0.15, 0.2) is 0 Å². The number of aliphatic hydroxyl groups excluding tert-OH is 1. The first-order valence-electron chi connectivity index (χ1n) is 4.53. The second-order valence-corrected chi connectivity index (χ2v) is 3.13. The van der Waals surface area contributed by atoms with E-state index in [1.807, 2.05) is 0 Å². The minimum absolute atomic E-state index is 0.0893. The van der Waals surface area contributed by atoms with Gasteiger partial charge in [0.1, 0.15) is 0 Å². The Morgan fingerprint density at radius 2 is 1.58 bits per heavy atom. The Labute approximate surface area is 74.7 Å². The smallest absolute Gasteiger partial charge is 0.0701 e. The molecule has 1 N–H and O–H groups in total. The highest BCUT2D eigenvalue weighted by atomic mass is 16.5. The number of rotatable bonds is 8. The van der Waals surface area contributed by atoms with Crippen molar-refractivity contribution in [2.75, 3.05) is 33.0 Å². The molecule has 0 fully saturated rings. The van der Waals surface area contributed by atoms with Crippen LogP contribution in [0.2, 0.25) is 0 Å². The number of ether oxygens (including phenoxy) is 2. The summed E-state index contributed by atoms with van der Waals surface area (Å²) < 4.78 is 10.3. The van der Waals surface area contributed by atoms with Crippen LogP contribution in [-0.4, -0.2) is 38.1 Å². The molecule has 0 rings (SSSR count). The summed E-state index contributed by atoms with van der Waals surface area (Å²) in [5, 5.41) is 8.38. The molecular formula is C9H20O3. The number of hydrogen-bond acceptors (Lipinski definition) is 3. The van der Waals surface area contributed by atoms with Gasteiger partial charge in [0.25, 0.3) is 0 Å². The maximum atomic E-state index is 8.38. The summed E-state index contributed by atoms with van der Waals surface area (Å²) in [6.45, 7) is 6.86. The van der Waals surface area contributed by atoms with E-state index < -0.39 is 0 Å². The molecule has 3 nitrogen and oxygen atoms in total. The van der Waals surface area contributed by atoms with Gasteiger partial charge < -0.3 is 14.6 Å². The standard InChI is InChI=1S/C9H20O3/c1-9(2)3-5-11-7-8-12-6-4-10/h9-10H,3-8H2,1-2H3. The molecule has 3 heteroatoms. The highest BCUT2D eigenvalue weighted by Gasteiger charge is 1.93. The molecule has 0 aliphatic heterocycles. The highest BCUT2D eigenvalue weighted by molar-refractivity contribution is 4.42. The van der Waals surface area contributed by atoms with E-state index in [0.717, 1.165) is 13.0 Å². The first-order chi connectivity index (χ1) is 5.77. The summed E-state index contributed by atoms with van der Waals surface area (Å²) in [7, 11) is 0. The summed E-state index contributed by atoms with van der Waals surface area (Å²) >= 11 is 0. The Balaban J connectivity index is 2.82. The fraction of sp³-hybridized carbons (Fsp3) is 1.00. The minimum Gasteiger partial charge on any atom is -0.394 e. The summed E-state index contributed by atoms with van der Waals surface area (Å²) in [4.78, 5) is 0. The van der Waals surface area contributed by atoms with Gasteiger partial charge in [-0.15, -0.1) is 0 Å². The molecule has 0 aromatic heterocycles. The van der Waals surface area contributed by atoms with Gasteiger partial charge in [-0.05, 0) is 12.3 Å². The largest absolute Gasteiger partial charge is 0.394 e. The molecule has 0 bridgehead atoms. The van der Waals surface area contributed by atoms with Crippen molar-refractivity contribution < 1.29 is 14.6 Å². The van der Waals surface area contributed by atoms with Crippen LogP contribution in [0.1, 0.15) is 20.3 Å². The van der Waals surface area contributed by atoms with Crippen molar-refractivity contribution in [3.8, 4) is 0 Å². The summed E-state index contributed by atoms with van der Waals surface area (Å²) in [6.07, 6.45) is 1.10. The molecule has 0 heterocycles. The van der Waals surface area contributed by atoms with E-state index >= 15 is 0 Å². The lowest BCUT2D eigenvalue weighted by atomic mass is 10.1. The summed E-state index contributed by atoms with van der Waals surface area (Å²) in [6, 6.07) is 0. The van der Waals surface area contributed by atoms with Crippen molar-refractivity contribution in [1.82, 2.24) is 0 Å². The van der Waals surface area contributed by atoms with Crippen LogP contribution in [0.4, 0.5) is 0 Å². The zero-order valence-corrected chi connectivity index (χ0v) is 8.08. The lowest BCUT2D eigenvalue weighted by Crippen LogP contribution is -2.08. The molecule has 0 spiro atoms. The van der Waals surface area contributed by atoms with E-state index in [0.29, 0.717) is 25.7 Å². The van der Waals surface area contributed by atoms with Gasteiger partial charge in [-0.3, -0.25) is 0 Å². The molecule has 0 radical (unpaired) electrons. The van der Waals surface area contributed by atoms with Crippen LogP contribution in [0, 0.1) is 5.92 Å². The van der Waals surface area contributed by atoms with Gasteiger partial charge in [-0.25, -0.2) is 0 Å². The Morgan fingerprint density at radius 1 is 1.00 bits per heavy atom. The quantitative estimate of drug-likeness (QED) is 0.562. The monoisotopic (exact) mass is 176 g/mol. The third-order valence-electron chi connectivity index (χ3n) is 1.45. The van der Waals surface area contributed by atoms with Crippen molar-refractivity contribution in [1.29, 1.82) is 0 Å². The third kappa shape index (κ3) is 9.88. The van der Waals surface area contributed by atoms with Crippen LogP contribution in [0.3, 0.4) is 0 Å². The highest BCUT2D eigenvalue weighted by Crippen LogP contribution is 1.98. The normalized spacial score (nSPS) is 11.0. The van der Waals surface area contributed by atoms with Gasteiger partial charge in [0.2, 0.25) is 0 Å². The van der Waals surface area contributed by atoms with Crippen LogP contribution >= 0.6 is 0 Å². The Hall–Kier alpha value is -0.120. The molecule has 0 aromatic carbocycles. The molecule has 0 aliphatic rings. The molecule has 0 amide bonds. The molecule has 0 saturated carbocycles. The Kier molecular flexibility index (Phi) is 8.88. The number of hydrogen-bond donors (Lipinski definition) is 1. The van der Waals surface area contributed by atoms with Gasteiger partial charge in [0, 0.05) is 6.61 Å². The second kappa shape index (κ2) is 8.97. The fourth-order valence-electron chi connectivity index (χ4n) is 0.706. The van der Waals surface area contributed by atoms with Gasteiger partial charge >= 0.3 is 0 Å². The molecule has 0 aliphatic carbocycles. The van der Waals surface area contributed by atoms with Crippen molar-refractivity contribution in [2.24, 2.45) is 5.92 Å². The molecule has 0 aromatic rings.